The molecule has 0 heterocycles. The van der Waals surface area contributed by atoms with Crippen molar-refractivity contribution in [1.82, 2.24) is 0 Å². The van der Waals surface area contributed by atoms with Gasteiger partial charge in [0.25, 0.3) is 5.69 Å². The lowest BCUT2D eigenvalue weighted by molar-refractivity contribution is -0.395. The summed E-state index contributed by atoms with van der Waals surface area (Å²) in [6, 6.07) is 0.164. The van der Waals surface area contributed by atoms with Gasteiger partial charge in [0.15, 0.2) is 0 Å². The number of amides is 1. The molecular formula is C12H15FN4O5. The van der Waals surface area contributed by atoms with E-state index in [9.17, 15) is 29.4 Å². The first-order valence-electron chi connectivity index (χ1n) is 6.31. The summed E-state index contributed by atoms with van der Waals surface area (Å²) in [5.74, 6) is -1.96. The largest absolute Gasteiger partial charge is 0.368 e. The molecular weight excluding hydrogens is 299 g/mol. The van der Waals surface area contributed by atoms with Crippen LogP contribution in [0.2, 0.25) is 0 Å². The maximum atomic E-state index is 13.6. The summed E-state index contributed by atoms with van der Waals surface area (Å²) in [6.45, 7) is 3.62. The van der Waals surface area contributed by atoms with E-state index in [1.54, 1.807) is 0 Å². The number of anilines is 1. The summed E-state index contributed by atoms with van der Waals surface area (Å²) >= 11 is 0. The molecule has 0 bridgehead atoms. The molecule has 1 aromatic rings. The van der Waals surface area contributed by atoms with Crippen molar-refractivity contribution in [1.29, 1.82) is 0 Å². The summed E-state index contributed by atoms with van der Waals surface area (Å²) < 4.78 is 13.6. The van der Waals surface area contributed by atoms with Gasteiger partial charge in [0.1, 0.15) is 11.7 Å². The zero-order chi connectivity index (χ0) is 17.0. The van der Waals surface area contributed by atoms with E-state index in [4.69, 9.17) is 5.73 Å². The van der Waals surface area contributed by atoms with Gasteiger partial charge in [0, 0.05) is 6.07 Å². The molecule has 0 spiro atoms. The zero-order valence-corrected chi connectivity index (χ0v) is 11.9. The number of hydrogen-bond donors (Lipinski definition) is 2. The van der Waals surface area contributed by atoms with Crippen molar-refractivity contribution in [2.24, 2.45) is 11.7 Å². The first-order valence-corrected chi connectivity index (χ1v) is 6.31. The lowest BCUT2D eigenvalue weighted by atomic mass is 10.0. The molecule has 0 unspecified atom stereocenters. The maximum Gasteiger partial charge on any atom is 0.311 e. The Morgan fingerprint density at radius 2 is 1.82 bits per heavy atom. The minimum Gasteiger partial charge on any atom is -0.368 e. The lowest BCUT2D eigenvalue weighted by Crippen LogP contribution is -2.36. The molecule has 22 heavy (non-hydrogen) atoms. The van der Waals surface area contributed by atoms with Crippen molar-refractivity contribution in [2.45, 2.75) is 26.3 Å². The molecule has 1 amide bonds. The molecule has 1 rings (SSSR count). The van der Waals surface area contributed by atoms with E-state index in [0.29, 0.717) is 12.1 Å². The average molecular weight is 314 g/mol. The SMILES string of the molecule is CC(C)C[C@@H](Nc1cc(F)c([N+](=O)[O-])cc1[N+](=O)[O-])C(N)=O. The number of primary amides is 1. The fourth-order valence-electron chi connectivity index (χ4n) is 1.86. The normalized spacial score (nSPS) is 12.0. The number of nitro benzene ring substituents is 2. The molecule has 0 saturated carbocycles. The van der Waals surface area contributed by atoms with Gasteiger partial charge in [-0.15, -0.1) is 0 Å². The Morgan fingerprint density at radius 3 is 2.23 bits per heavy atom. The van der Waals surface area contributed by atoms with Crippen LogP contribution in [-0.4, -0.2) is 21.8 Å². The van der Waals surface area contributed by atoms with Crippen molar-refractivity contribution in [3.8, 4) is 0 Å². The standard InChI is InChI=1S/C12H15FN4O5/c1-6(2)3-9(12(14)18)15-8-4-7(13)10(16(19)20)5-11(8)17(21)22/h4-6,9,15H,3H2,1-2H3,(H2,14,18)/t9-/m1/s1. The van der Waals surface area contributed by atoms with Crippen LogP contribution in [0.1, 0.15) is 20.3 Å². The second kappa shape index (κ2) is 6.78. The number of nitrogens with two attached hydrogens (primary N) is 1. The van der Waals surface area contributed by atoms with Gasteiger partial charge in [-0.2, -0.15) is 4.39 Å². The highest BCUT2D eigenvalue weighted by Gasteiger charge is 2.27. The third kappa shape index (κ3) is 4.11. The molecule has 3 N–H and O–H groups in total. The van der Waals surface area contributed by atoms with Gasteiger partial charge in [0.05, 0.1) is 15.9 Å². The fourth-order valence-corrected chi connectivity index (χ4v) is 1.86. The molecule has 0 aliphatic rings. The van der Waals surface area contributed by atoms with Gasteiger partial charge in [-0.25, -0.2) is 0 Å². The van der Waals surface area contributed by atoms with E-state index in [1.807, 2.05) is 13.8 Å². The Hall–Kier alpha value is -2.78. The molecule has 120 valence electrons. The van der Waals surface area contributed by atoms with E-state index in [1.165, 1.54) is 0 Å². The number of halogens is 1. The third-order valence-electron chi connectivity index (χ3n) is 2.84. The monoisotopic (exact) mass is 314 g/mol. The number of nitro groups is 2. The summed E-state index contributed by atoms with van der Waals surface area (Å²) in [5.41, 5.74) is 3.14. The number of hydrogen-bond acceptors (Lipinski definition) is 6. The highest BCUT2D eigenvalue weighted by atomic mass is 19.1. The maximum absolute atomic E-state index is 13.6. The molecule has 9 nitrogen and oxygen atoms in total. The lowest BCUT2D eigenvalue weighted by Gasteiger charge is -2.18. The molecule has 10 heteroatoms. The topological polar surface area (TPSA) is 141 Å². The summed E-state index contributed by atoms with van der Waals surface area (Å²) in [5, 5.41) is 24.1. The zero-order valence-electron chi connectivity index (χ0n) is 11.9. The summed E-state index contributed by atoms with van der Waals surface area (Å²) in [7, 11) is 0. The van der Waals surface area contributed by atoms with E-state index in [-0.39, 0.29) is 18.0 Å². The molecule has 0 aromatic heterocycles. The molecule has 0 saturated heterocycles. The van der Waals surface area contributed by atoms with Crippen LogP contribution in [0.4, 0.5) is 21.5 Å². The number of carbonyl (C=O) groups is 1. The van der Waals surface area contributed by atoms with Crippen LogP contribution in [0.15, 0.2) is 12.1 Å². The summed E-state index contributed by atoms with van der Waals surface area (Å²) in [6.07, 6.45) is 0.269. The average Bonchev–Trinajstić information content (AvgIpc) is 2.36. The first-order chi connectivity index (χ1) is 10.1. The Labute approximate surface area is 124 Å². The van der Waals surface area contributed by atoms with Crippen LogP contribution >= 0.6 is 0 Å². The molecule has 0 radical (unpaired) electrons. The Kier molecular flexibility index (Phi) is 5.33. The highest BCUT2D eigenvalue weighted by Crippen LogP contribution is 2.32. The van der Waals surface area contributed by atoms with Crippen LogP contribution in [0.5, 0.6) is 0 Å². The Morgan fingerprint density at radius 1 is 1.27 bits per heavy atom. The van der Waals surface area contributed by atoms with Crippen molar-refractivity contribution >= 4 is 23.0 Å². The van der Waals surface area contributed by atoms with Crippen molar-refractivity contribution in [3.63, 3.8) is 0 Å². The predicted octanol–water partition coefficient (Wildman–Crippen LogP) is 1.95. The number of nitrogens with one attached hydrogen (secondary N) is 1. The quantitative estimate of drug-likeness (QED) is 0.582. The van der Waals surface area contributed by atoms with E-state index in [0.717, 1.165) is 0 Å². The predicted molar refractivity (Wildman–Crippen MR) is 75.8 cm³/mol. The van der Waals surface area contributed by atoms with Crippen LogP contribution in [0.3, 0.4) is 0 Å². The van der Waals surface area contributed by atoms with Crippen LogP contribution in [0, 0.1) is 32.0 Å². The molecule has 1 atom stereocenters. The second-order valence-corrected chi connectivity index (χ2v) is 5.06. The molecule has 0 aliphatic carbocycles. The third-order valence-corrected chi connectivity index (χ3v) is 2.84. The van der Waals surface area contributed by atoms with Gasteiger partial charge in [0.2, 0.25) is 11.7 Å². The second-order valence-electron chi connectivity index (χ2n) is 5.06. The van der Waals surface area contributed by atoms with Crippen LogP contribution in [0.25, 0.3) is 0 Å². The van der Waals surface area contributed by atoms with Crippen molar-refractivity contribution < 1.29 is 19.0 Å². The highest BCUT2D eigenvalue weighted by molar-refractivity contribution is 5.84. The minimum absolute atomic E-state index is 0.0481. The van der Waals surface area contributed by atoms with Gasteiger partial charge in [-0.05, 0) is 12.3 Å². The molecule has 1 aromatic carbocycles. The number of benzene rings is 1. The number of nitrogens with zero attached hydrogens (tertiary/aromatic N) is 2. The number of carbonyl (C=O) groups excluding carboxylic acids is 1. The minimum atomic E-state index is -1.24. The number of rotatable bonds is 7. The summed E-state index contributed by atoms with van der Waals surface area (Å²) in [4.78, 5) is 31.0. The Bertz CT molecular complexity index is 620. The van der Waals surface area contributed by atoms with Crippen molar-refractivity contribution in [2.75, 3.05) is 5.32 Å². The Balaban J connectivity index is 3.27. The van der Waals surface area contributed by atoms with Gasteiger partial charge in [-0.3, -0.25) is 25.0 Å². The van der Waals surface area contributed by atoms with Gasteiger partial charge >= 0.3 is 5.69 Å². The van der Waals surface area contributed by atoms with Crippen LogP contribution < -0.4 is 11.1 Å². The first kappa shape index (κ1) is 17.3. The smallest absolute Gasteiger partial charge is 0.311 e. The van der Waals surface area contributed by atoms with E-state index < -0.39 is 39.0 Å². The van der Waals surface area contributed by atoms with E-state index >= 15 is 0 Å². The fraction of sp³-hybridized carbons (Fsp3) is 0.417. The van der Waals surface area contributed by atoms with Crippen LogP contribution in [-0.2, 0) is 4.79 Å². The molecule has 0 aliphatic heterocycles. The van der Waals surface area contributed by atoms with Gasteiger partial charge in [-0.1, -0.05) is 13.8 Å². The van der Waals surface area contributed by atoms with E-state index in [2.05, 4.69) is 5.32 Å². The van der Waals surface area contributed by atoms with Crippen molar-refractivity contribution in [3.05, 3.63) is 38.2 Å². The molecule has 0 fully saturated rings. The van der Waals surface area contributed by atoms with Gasteiger partial charge < -0.3 is 11.1 Å².